The van der Waals surface area contributed by atoms with E-state index in [4.69, 9.17) is 0 Å². The molecule has 2 bridgehead atoms. The second-order valence-electron chi connectivity index (χ2n) is 5.00. The number of benzene rings is 1. The standard InChI is InChI=1S/C14H17NO/c16-14-10-15-7-6-12(14)9-13(15)8-11-4-2-1-3-5-11/h1-5,12-13H,6-10H2. The summed E-state index contributed by atoms with van der Waals surface area (Å²) in [5.74, 6) is 0.828. The van der Waals surface area contributed by atoms with Crippen LogP contribution in [0.25, 0.3) is 0 Å². The summed E-state index contributed by atoms with van der Waals surface area (Å²) < 4.78 is 0. The lowest BCUT2D eigenvalue weighted by Crippen LogP contribution is -2.54. The molecule has 1 aromatic rings. The van der Waals surface area contributed by atoms with E-state index in [1.54, 1.807) is 0 Å². The highest BCUT2D eigenvalue weighted by Gasteiger charge is 2.38. The first-order chi connectivity index (χ1) is 7.83. The van der Waals surface area contributed by atoms with Crippen LogP contribution in [0.2, 0.25) is 0 Å². The fourth-order valence-electron chi connectivity index (χ4n) is 3.03. The van der Waals surface area contributed by atoms with E-state index in [0.717, 1.165) is 25.8 Å². The van der Waals surface area contributed by atoms with Crippen LogP contribution in [-0.4, -0.2) is 29.8 Å². The minimum Gasteiger partial charge on any atom is -0.298 e. The van der Waals surface area contributed by atoms with E-state index in [1.807, 2.05) is 0 Å². The normalized spacial score (nSPS) is 33.0. The third kappa shape index (κ3) is 1.78. The van der Waals surface area contributed by atoms with Crippen molar-refractivity contribution in [3.63, 3.8) is 0 Å². The summed E-state index contributed by atoms with van der Waals surface area (Å²) in [4.78, 5) is 14.0. The van der Waals surface area contributed by atoms with Crippen LogP contribution in [0.5, 0.6) is 0 Å². The Morgan fingerprint density at radius 2 is 2.06 bits per heavy atom. The maximum atomic E-state index is 11.6. The second kappa shape index (κ2) is 4.02. The van der Waals surface area contributed by atoms with E-state index >= 15 is 0 Å². The summed E-state index contributed by atoms with van der Waals surface area (Å²) in [6.07, 6.45) is 3.27. The van der Waals surface area contributed by atoms with Crippen LogP contribution < -0.4 is 0 Å². The van der Waals surface area contributed by atoms with Crippen LogP contribution >= 0.6 is 0 Å². The molecule has 0 amide bonds. The van der Waals surface area contributed by atoms with Gasteiger partial charge in [0.25, 0.3) is 0 Å². The molecule has 3 unspecified atom stereocenters. The van der Waals surface area contributed by atoms with Gasteiger partial charge in [0.05, 0.1) is 6.54 Å². The average Bonchev–Trinajstić information content (AvgIpc) is 2.32. The van der Waals surface area contributed by atoms with E-state index in [9.17, 15) is 4.79 Å². The number of piperidine rings is 3. The van der Waals surface area contributed by atoms with Crippen molar-refractivity contribution < 1.29 is 4.79 Å². The second-order valence-corrected chi connectivity index (χ2v) is 5.00. The smallest absolute Gasteiger partial charge is 0.150 e. The molecule has 0 N–H and O–H groups in total. The fourth-order valence-corrected chi connectivity index (χ4v) is 3.03. The van der Waals surface area contributed by atoms with Gasteiger partial charge >= 0.3 is 0 Å². The monoisotopic (exact) mass is 215 g/mol. The molecule has 16 heavy (non-hydrogen) atoms. The van der Waals surface area contributed by atoms with Gasteiger partial charge in [-0.15, -0.1) is 0 Å². The molecule has 3 aliphatic rings. The van der Waals surface area contributed by atoms with Gasteiger partial charge in [-0.1, -0.05) is 30.3 Å². The van der Waals surface area contributed by atoms with Crippen LogP contribution in [0, 0.1) is 5.92 Å². The van der Waals surface area contributed by atoms with Crippen molar-refractivity contribution in [2.45, 2.75) is 25.3 Å². The van der Waals surface area contributed by atoms with E-state index in [-0.39, 0.29) is 0 Å². The Kier molecular flexibility index (Phi) is 2.52. The third-order valence-corrected chi connectivity index (χ3v) is 3.97. The van der Waals surface area contributed by atoms with Crippen molar-refractivity contribution >= 4 is 5.78 Å². The lowest BCUT2D eigenvalue weighted by atomic mass is 9.80. The molecule has 2 heteroatoms. The maximum absolute atomic E-state index is 11.6. The van der Waals surface area contributed by atoms with E-state index in [0.29, 0.717) is 24.3 Å². The molecular weight excluding hydrogens is 198 g/mol. The molecule has 3 heterocycles. The van der Waals surface area contributed by atoms with Crippen molar-refractivity contribution in [3.05, 3.63) is 35.9 Å². The minimum absolute atomic E-state index is 0.360. The summed E-state index contributed by atoms with van der Waals surface area (Å²) in [5.41, 5.74) is 1.40. The Morgan fingerprint density at radius 3 is 2.69 bits per heavy atom. The number of carbonyl (C=O) groups is 1. The average molecular weight is 215 g/mol. The van der Waals surface area contributed by atoms with Gasteiger partial charge in [-0.25, -0.2) is 0 Å². The number of Topliss-reactive ketones (excluding diaryl/α,β-unsaturated/α-hetero) is 1. The highest BCUT2D eigenvalue weighted by Crippen LogP contribution is 2.31. The molecule has 4 rings (SSSR count). The third-order valence-electron chi connectivity index (χ3n) is 3.97. The number of ketones is 1. The van der Waals surface area contributed by atoms with Gasteiger partial charge in [0.15, 0.2) is 0 Å². The van der Waals surface area contributed by atoms with Crippen molar-refractivity contribution in [1.29, 1.82) is 0 Å². The summed E-state index contributed by atoms with van der Waals surface area (Å²) in [7, 11) is 0. The molecule has 0 aromatic heterocycles. The Morgan fingerprint density at radius 1 is 1.25 bits per heavy atom. The summed E-state index contributed by atoms with van der Waals surface area (Å²) >= 11 is 0. The predicted molar refractivity (Wildman–Crippen MR) is 63.2 cm³/mol. The number of fused-ring (bicyclic) bond motifs is 3. The quantitative estimate of drug-likeness (QED) is 0.751. The number of carbonyl (C=O) groups excluding carboxylic acids is 1. The van der Waals surface area contributed by atoms with Crippen molar-refractivity contribution in [3.8, 4) is 0 Å². The van der Waals surface area contributed by atoms with Gasteiger partial charge in [0, 0.05) is 12.0 Å². The Labute approximate surface area is 96.3 Å². The Bertz CT molecular complexity index is 387. The molecule has 2 nitrogen and oxygen atoms in total. The van der Waals surface area contributed by atoms with Gasteiger partial charge in [-0.05, 0) is 31.4 Å². The lowest BCUT2D eigenvalue weighted by Gasteiger charge is -2.44. The highest BCUT2D eigenvalue weighted by molar-refractivity contribution is 5.84. The van der Waals surface area contributed by atoms with Gasteiger partial charge in [-0.3, -0.25) is 9.69 Å². The van der Waals surface area contributed by atoms with E-state index in [2.05, 4.69) is 35.2 Å². The van der Waals surface area contributed by atoms with Gasteiger partial charge < -0.3 is 0 Å². The molecule has 0 aliphatic carbocycles. The number of nitrogens with zero attached hydrogens (tertiary/aromatic N) is 1. The Balaban J connectivity index is 1.71. The van der Waals surface area contributed by atoms with Gasteiger partial charge in [0.1, 0.15) is 5.78 Å². The molecule has 84 valence electrons. The zero-order valence-electron chi connectivity index (χ0n) is 9.43. The molecule has 0 spiro atoms. The first-order valence-electron chi connectivity index (χ1n) is 6.13. The zero-order valence-corrected chi connectivity index (χ0v) is 9.43. The Hall–Kier alpha value is -1.15. The summed E-state index contributed by atoms with van der Waals surface area (Å²) in [6.45, 7) is 1.82. The predicted octanol–water partition coefficient (Wildman–Crippen LogP) is 1.89. The van der Waals surface area contributed by atoms with Crippen molar-refractivity contribution in [1.82, 2.24) is 4.90 Å². The molecule has 0 radical (unpaired) electrons. The molecule has 3 saturated heterocycles. The fraction of sp³-hybridized carbons (Fsp3) is 0.500. The lowest BCUT2D eigenvalue weighted by molar-refractivity contribution is -0.133. The van der Waals surface area contributed by atoms with Gasteiger partial charge in [-0.2, -0.15) is 0 Å². The highest BCUT2D eigenvalue weighted by atomic mass is 16.1. The first kappa shape index (κ1) is 10.0. The van der Waals surface area contributed by atoms with Crippen LogP contribution in [0.1, 0.15) is 18.4 Å². The zero-order chi connectivity index (χ0) is 11.0. The maximum Gasteiger partial charge on any atom is 0.150 e. The number of hydrogen-bond acceptors (Lipinski definition) is 2. The minimum atomic E-state index is 0.360. The SMILES string of the molecule is O=C1CN2CCC1CC2Cc1ccccc1. The molecule has 0 saturated carbocycles. The number of hydrogen-bond donors (Lipinski definition) is 0. The largest absolute Gasteiger partial charge is 0.298 e. The van der Waals surface area contributed by atoms with Crippen molar-refractivity contribution in [2.24, 2.45) is 5.92 Å². The van der Waals surface area contributed by atoms with Gasteiger partial charge in [0.2, 0.25) is 0 Å². The van der Waals surface area contributed by atoms with E-state index < -0.39 is 0 Å². The topological polar surface area (TPSA) is 20.3 Å². The van der Waals surface area contributed by atoms with Crippen LogP contribution in [0.4, 0.5) is 0 Å². The van der Waals surface area contributed by atoms with Crippen LogP contribution in [0.3, 0.4) is 0 Å². The number of rotatable bonds is 2. The van der Waals surface area contributed by atoms with E-state index in [1.165, 1.54) is 5.56 Å². The van der Waals surface area contributed by atoms with Crippen LogP contribution in [0.15, 0.2) is 30.3 Å². The molecule has 3 atom stereocenters. The molecular formula is C14H17NO. The first-order valence-corrected chi connectivity index (χ1v) is 6.13. The van der Waals surface area contributed by atoms with Crippen molar-refractivity contribution in [2.75, 3.05) is 13.1 Å². The molecule has 1 aromatic carbocycles. The summed E-state index contributed by atoms with van der Waals surface area (Å²) in [5, 5.41) is 0. The molecule has 3 fully saturated rings. The summed E-state index contributed by atoms with van der Waals surface area (Å²) in [6, 6.07) is 11.2. The molecule has 3 aliphatic heterocycles. The van der Waals surface area contributed by atoms with Crippen LogP contribution in [-0.2, 0) is 11.2 Å².